The highest BCUT2D eigenvalue weighted by Gasteiger charge is 2.16. The Hall–Kier alpha value is -0.720. The molecule has 0 aromatic carbocycles. The largest absolute Gasteiger partial charge is 0.264 e. The summed E-state index contributed by atoms with van der Waals surface area (Å²) in [7, 11) is 0. The molecule has 0 atom stereocenters. The molecule has 1 fully saturated rings. The van der Waals surface area contributed by atoms with E-state index in [0.717, 1.165) is 0 Å². The van der Waals surface area contributed by atoms with Crippen LogP contribution in [-0.2, 0) is 0 Å². The van der Waals surface area contributed by atoms with Gasteiger partial charge in [0.25, 0.3) is 0 Å². The minimum Gasteiger partial charge on any atom is -0.264 e. The van der Waals surface area contributed by atoms with Crippen LogP contribution in [0.15, 0.2) is 23.5 Å². The topological polar surface area (TPSA) is 14.1 Å². The molecular formula is C7H8N. The Bertz CT molecular complexity index is 147. The van der Waals surface area contributed by atoms with E-state index in [-0.39, 0.29) is 0 Å². The molecule has 41 valence electrons. The zero-order valence-electron chi connectivity index (χ0n) is 4.72. The van der Waals surface area contributed by atoms with Crippen molar-refractivity contribution >= 4 is 0 Å². The summed E-state index contributed by atoms with van der Waals surface area (Å²) in [5.41, 5.74) is 2.95. The molecule has 1 radical (unpaired) electrons. The summed E-state index contributed by atoms with van der Waals surface area (Å²) in [6.07, 6.45) is 7.84. The molecule has 1 saturated carbocycles. The van der Waals surface area contributed by atoms with E-state index in [1.807, 2.05) is 12.4 Å². The van der Waals surface area contributed by atoms with Crippen LogP contribution in [0.1, 0.15) is 19.3 Å². The highest BCUT2D eigenvalue weighted by Crippen LogP contribution is 2.31. The van der Waals surface area contributed by atoms with Crippen molar-refractivity contribution in [2.24, 2.45) is 0 Å². The maximum absolute atomic E-state index is 4.04. The molecule has 2 aliphatic rings. The van der Waals surface area contributed by atoms with Crippen molar-refractivity contribution in [3.8, 4) is 0 Å². The standard InChI is InChI=1S/C7H8N/c1-2-6-4-8-5-7(6)3-1/h4-5H,1-3H2. The summed E-state index contributed by atoms with van der Waals surface area (Å²) in [6.45, 7) is 0. The van der Waals surface area contributed by atoms with Crippen molar-refractivity contribution in [1.82, 2.24) is 5.32 Å². The lowest BCUT2D eigenvalue weighted by Crippen LogP contribution is -1.74. The van der Waals surface area contributed by atoms with Gasteiger partial charge < -0.3 is 0 Å². The normalized spacial score (nSPS) is 24.0. The van der Waals surface area contributed by atoms with E-state index < -0.39 is 0 Å². The third-order valence-corrected chi connectivity index (χ3v) is 1.77. The van der Waals surface area contributed by atoms with Gasteiger partial charge in [-0.2, -0.15) is 0 Å². The van der Waals surface area contributed by atoms with Gasteiger partial charge in [-0.3, -0.25) is 5.32 Å². The van der Waals surface area contributed by atoms with Crippen LogP contribution in [0.25, 0.3) is 0 Å². The molecule has 0 N–H and O–H groups in total. The van der Waals surface area contributed by atoms with E-state index in [2.05, 4.69) is 5.32 Å². The van der Waals surface area contributed by atoms with Crippen molar-refractivity contribution < 1.29 is 0 Å². The number of nitrogens with zero attached hydrogens (tertiary/aromatic N) is 1. The quantitative estimate of drug-likeness (QED) is 0.445. The highest BCUT2D eigenvalue weighted by atomic mass is 14.8. The molecule has 1 heteroatoms. The maximum Gasteiger partial charge on any atom is 0.0303 e. The van der Waals surface area contributed by atoms with E-state index in [9.17, 15) is 0 Å². The first-order valence-electron chi connectivity index (χ1n) is 3.05. The number of hydrogen-bond donors (Lipinski definition) is 0. The Morgan fingerprint density at radius 1 is 1.12 bits per heavy atom. The molecule has 0 unspecified atom stereocenters. The maximum atomic E-state index is 4.04. The average Bonchev–Trinajstić information content (AvgIpc) is 2.15. The second kappa shape index (κ2) is 1.38. The van der Waals surface area contributed by atoms with E-state index in [1.54, 1.807) is 0 Å². The van der Waals surface area contributed by atoms with E-state index in [1.165, 1.54) is 30.4 Å². The van der Waals surface area contributed by atoms with Crippen LogP contribution in [0.2, 0.25) is 0 Å². The molecule has 8 heavy (non-hydrogen) atoms. The van der Waals surface area contributed by atoms with Gasteiger partial charge in [0.2, 0.25) is 0 Å². The third-order valence-electron chi connectivity index (χ3n) is 1.77. The highest BCUT2D eigenvalue weighted by molar-refractivity contribution is 5.38. The Labute approximate surface area is 49.1 Å². The summed E-state index contributed by atoms with van der Waals surface area (Å²) >= 11 is 0. The number of fused-ring (bicyclic) bond motifs is 1. The molecule has 2 rings (SSSR count). The summed E-state index contributed by atoms with van der Waals surface area (Å²) in [5, 5.41) is 4.04. The predicted octanol–water partition coefficient (Wildman–Crippen LogP) is 1.56. The zero-order valence-corrected chi connectivity index (χ0v) is 4.72. The lowest BCUT2D eigenvalue weighted by Gasteiger charge is -1.84. The average molecular weight is 106 g/mol. The molecule has 0 aromatic rings. The zero-order chi connectivity index (χ0) is 5.40. The van der Waals surface area contributed by atoms with Crippen LogP contribution in [-0.4, -0.2) is 0 Å². The van der Waals surface area contributed by atoms with E-state index in [0.29, 0.717) is 0 Å². The fraction of sp³-hybridized carbons (Fsp3) is 0.429. The molecule has 0 aromatic heterocycles. The fourth-order valence-electron chi connectivity index (χ4n) is 1.30. The van der Waals surface area contributed by atoms with Crippen LogP contribution in [0.5, 0.6) is 0 Å². The van der Waals surface area contributed by atoms with Crippen molar-refractivity contribution in [3.63, 3.8) is 0 Å². The van der Waals surface area contributed by atoms with Gasteiger partial charge in [-0.15, -0.1) is 0 Å². The molecule has 1 aliphatic carbocycles. The van der Waals surface area contributed by atoms with Crippen LogP contribution < -0.4 is 5.32 Å². The summed E-state index contributed by atoms with van der Waals surface area (Å²) < 4.78 is 0. The van der Waals surface area contributed by atoms with Crippen molar-refractivity contribution in [3.05, 3.63) is 23.5 Å². The minimum atomic E-state index is 1.26. The SMILES string of the molecule is C1=C2CCCC2=C[N]1. The van der Waals surface area contributed by atoms with Gasteiger partial charge in [0, 0.05) is 12.4 Å². The molecule has 1 heterocycles. The van der Waals surface area contributed by atoms with Gasteiger partial charge in [-0.25, -0.2) is 0 Å². The van der Waals surface area contributed by atoms with Crippen molar-refractivity contribution in [1.29, 1.82) is 0 Å². The van der Waals surface area contributed by atoms with Gasteiger partial charge in [-0.05, 0) is 30.4 Å². The van der Waals surface area contributed by atoms with Crippen molar-refractivity contribution in [2.75, 3.05) is 0 Å². The van der Waals surface area contributed by atoms with Crippen LogP contribution >= 0.6 is 0 Å². The summed E-state index contributed by atoms with van der Waals surface area (Å²) in [4.78, 5) is 0. The molecule has 1 nitrogen and oxygen atoms in total. The van der Waals surface area contributed by atoms with Crippen molar-refractivity contribution in [2.45, 2.75) is 19.3 Å². The Kier molecular flexibility index (Phi) is 0.720. The first-order chi connectivity index (χ1) is 3.97. The monoisotopic (exact) mass is 106 g/mol. The predicted molar refractivity (Wildman–Crippen MR) is 32.2 cm³/mol. The number of allylic oxidation sites excluding steroid dienone is 2. The minimum absolute atomic E-state index is 1.26. The lowest BCUT2D eigenvalue weighted by atomic mass is 10.2. The fourth-order valence-corrected chi connectivity index (χ4v) is 1.30. The third kappa shape index (κ3) is 0.414. The van der Waals surface area contributed by atoms with Gasteiger partial charge in [-0.1, -0.05) is 0 Å². The smallest absolute Gasteiger partial charge is 0.0303 e. The van der Waals surface area contributed by atoms with Gasteiger partial charge in [0.15, 0.2) is 0 Å². The second-order valence-corrected chi connectivity index (χ2v) is 2.31. The molecule has 1 aliphatic heterocycles. The number of hydrogen-bond acceptors (Lipinski definition) is 0. The Morgan fingerprint density at radius 2 is 1.75 bits per heavy atom. The molecule has 0 amide bonds. The first kappa shape index (κ1) is 4.19. The Morgan fingerprint density at radius 3 is 2.38 bits per heavy atom. The summed E-state index contributed by atoms with van der Waals surface area (Å²) in [6, 6.07) is 0. The molecule has 0 bridgehead atoms. The van der Waals surface area contributed by atoms with Gasteiger partial charge in [0.1, 0.15) is 0 Å². The molecule has 0 saturated heterocycles. The van der Waals surface area contributed by atoms with E-state index >= 15 is 0 Å². The number of rotatable bonds is 0. The molecule has 0 spiro atoms. The lowest BCUT2D eigenvalue weighted by molar-refractivity contribution is 0.917. The van der Waals surface area contributed by atoms with Gasteiger partial charge >= 0.3 is 0 Å². The van der Waals surface area contributed by atoms with Gasteiger partial charge in [0.05, 0.1) is 0 Å². The van der Waals surface area contributed by atoms with Crippen LogP contribution in [0.4, 0.5) is 0 Å². The first-order valence-corrected chi connectivity index (χ1v) is 3.05. The van der Waals surface area contributed by atoms with E-state index in [4.69, 9.17) is 0 Å². The second-order valence-electron chi connectivity index (χ2n) is 2.31. The molecular weight excluding hydrogens is 98.1 g/mol. The van der Waals surface area contributed by atoms with Crippen LogP contribution in [0, 0.1) is 0 Å². The van der Waals surface area contributed by atoms with Crippen LogP contribution in [0.3, 0.4) is 0 Å². The Balaban J connectivity index is 2.37. The summed E-state index contributed by atoms with van der Waals surface area (Å²) in [5.74, 6) is 0.